The van der Waals surface area contributed by atoms with Crippen molar-refractivity contribution in [2.75, 3.05) is 7.05 Å². The third kappa shape index (κ3) is 4.58. The van der Waals surface area contributed by atoms with Gasteiger partial charge in [0.1, 0.15) is 5.76 Å². The highest BCUT2D eigenvalue weighted by atomic mass is 16.5. The molecule has 2 rings (SSSR count). The lowest BCUT2D eigenvalue weighted by Crippen LogP contribution is -2.36. The standard InChI is InChI=1S/C18H26N4O/c1-5-16-15(17(6-2)23-22-16)12-21-18(19-4)20-11-14-9-7-8-13(3)10-14/h7-10H,5-6,11-12H2,1-4H3,(H2,19,20,21). The number of benzene rings is 1. The molecule has 5 nitrogen and oxygen atoms in total. The van der Waals surface area contributed by atoms with E-state index in [1.54, 1.807) is 7.05 Å². The molecule has 0 atom stereocenters. The molecule has 0 saturated heterocycles. The van der Waals surface area contributed by atoms with Gasteiger partial charge in [0, 0.05) is 32.1 Å². The normalized spacial score (nSPS) is 11.6. The topological polar surface area (TPSA) is 62.5 Å². The minimum Gasteiger partial charge on any atom is -0.361 e. The first kappa shape index (κ1) is 17.1. The summed E-state index contributed by atoms with van der Waals surface area (Å²) >= 11 is 0. The van der Waals surface area contributed by atoms with Crippen LogP contribution in [0.1, 0.15) is 42.0 Å². The molecule has 0 bridgehead atoms. The second kappa shape index (κ2) is 8.36. The lowest BCUT2D eigenvalue weighted by atomic mass is 10.1. The number of hydrogen-bond donors (Lipinski definition) is 2. The van der Waals surface area contributed by atoms with E-state index in [0.717, 1.165) is 42.4 Å². The van der Waals surface area contributed by atoms with Crippen molar-refractivity contribution < 1.29 is 4.52 Å². The van der Waals surface area contributed by atoms with Gasteiger partial charge < -0.3 is 15.2 Å². The van der Waals surface area contributed by atoms with Gasteiger partial charge in [0.25, 0.3) is 0 Å². The Bertz CT molecular complexity index is 639. The van der Waals surface area contributed by atoms with E-state index < -0.39 is 0 Å². The zero-order valence-electron chi connectivity index (χ0n) is 14.4. The largest absolute Gasteiger partial charge is 0.361 e. The number of nitrogens with zero attached hydrogens (tertiary/aromatic N) is 2. The van der Waals surface area contributed by atoms with Crippen LogP contribution in [0, 0.1) is 6.92 Å². The fourth-order valence-electron chi connectivity index (χ4n) is 2.54. The quantitative estimate of drug-likeness (QED) is 0.635. The number of guanidine groups is 1. The number of aryl methyl sites for hydroxylation is 3. The minimum absolute atomic E-state index is 0.670. The molecule has 0 aliphatic heterocycles. The summed E-state index contributed by atoms with van der Waals surface area (Å²) in [4.78, 5) is 4.28. The average Bonchev–Trinajstić information content (AvgIpc) is 2.97. The number of hydrogen-bond acceptors (Lipinski definition) is 3. The van der Waals surface area contributed by atoms with E-state index >= 15 is 0 Å². The van der Waals surface area contributed by atoms with Crippen LogP contribution in [0.25, 0.3) is 0 Å². The van der Waals surface area contributed by atoms with E-state index in [-0.39, 0.29) is 0 Å². The molecule has 0 aliphatic carbocycles. The third-order valence-electron chi connectivity index (χ3n) is 3.81. The summed E-state index contributed by atoms with van der Waals surface area (Å²) in [5.74, 6) is 1.72. The molecule has 5 heteroatoms. The molecular weight excluding hydrogens is 288 g/mol. The predicted octanol–water partition coefficient (Wildman–Crippen LogP) is 2.97. The molecule has 2 aromatic rings. The molecule has 23 heavy (non-hydrogen) atoms. The first-order chi connectivity index (χ1) is 11.2. The van der Waals surface area contributed by atoms with Gasteiger partial charge in [-0.1, -0.05) is 48.8 Å². The van der Waals surface area contributed by atoms with Gasteiger partial charge in [-0.15, -0.1) is 0 Å². The Labute approximate surface area is 138 Å². The number of aliphatic imine (C=N–C) groups is 1. The molecule has 0 unspecified atom stereocenters. The Morgan fingerprint density at radius 2 is 1.96 bits per heavy atom. The van der Waals surface area contributed by atoms with Crippen molar-refractivity contribution in [3.63, 3.8) is 0 Å². The second-order valence-electron chi connectivity index (χ2n) is 5.51. The smallest absolute Gasteiger partial charge is 0.191 e. The van der Waals surface area contributed by atoms with Crippen LogP contribution in [0.2, 0.25) is 0 Å². The monoisotopic (exact) mass is 314 g/mol. The summed E-state index contributed by atoms with van der Waals surface area (Å²) in [6.45, 7) is 7.68. The Balaban J connectivity index is 1.94. The maximum atomic E-state index is 5.39. The van der Waals surface area contributed by atoms with Gasteiger partial charge in [-0.3, -0.25) is 4.99 Å². The van der Waals surface area contributed by atoms with Crippen LogP contribution in [-0.2, 0) is 25.9 Å². The van der Waals surface area contributed by atoms with Gasteiger partial charge in [-0.2, -0.15) is 0 Å². The molecule has 0 aliphatic rings. The zero-order valence-corrected chi connectivity index (χ0v) is 14.4. The molecular formula is C18H26N4O. The zero-order chi connectivity index (χ0) is 16.7. The average molecular weight is 314 g/mol. The summed E-state index contributed by atoms with van der Waals surface area (Å²) in [5, 5.41) is 10.8. The van der Waals surface area contributed by atoms with Gasteiger partial charge in [0.2, 0.25) is 0 Å². The first-order valence-corrected chi connectivity index (χ1v) is 8.14. The maximum Gasteiger partial charge on any atom is 0.191 e. The van der Waals surface area contributed by atoms with Gasteiger partial charge in [-0.25, -0.2) is 0 Å². The SMILES string of the molecule is CCc1noc(CC)c1CNC(=NC)NCc1cccc(C)c1. The molecule has 2 N–H and O–H groups in total. The van der Waals surface area contributed by atoms with Crippen LogP contribution in [0.15, 0.2) is 33.8 Å². The molecule has 0 fully saturated rings. The van der Waals surface area contributed by atoms with Crippen molar-refractivity contribution >= 4 is 5.96 Å². The van der Waals surface area contributed by atoms with Crippen LogP contribution in [-0.4, -0.2) is 18.2 Å². The van der Waals surface area contributed by atoms with Gasteiger partial charge in [0.05, 0.1) is 5.69 Å². The predicted molar refractivity (Wildman–Crippen MR) is 93.5 cm³/mol. The van der Waals surface area contributed by atoms with Crippen molar-refractivity contribution in [3.05, 3.63) is 52.4 Å². The van der Waals surface area contributed by atoms with Crippen LogP contribution < -0.4 is 10.6 Å². The van der Waals surface area contributed by atoms with Gasteiger partial charge in [0.15, 0.2) is 5.96 Å². The number of rotatable bonds is 6. The van der Waals surface area contributed by atoms with Crippen LogP contribution >= 0.6 is 0 Å². The lowest BCUT2D eigenvalue weighted by Gasteiger charge is -2.12. The minimum atomic E-state index is 0.670. The Kier molecular flexibility index (Phi) is 6.20. The van der Waals surface area contributed by atoms with E-state index in [1.165, 1.54) is 11.1 Å². The molecule has 0 spiro atoms. The Hall–Kier alpha value is -2.30. The molecule has 1 aromatic heterocycles. The van der Waals surface area contributed by atoms with Crippen LogP contribution in [0.4, 0.5) is 0 Å². The number of nitrogens with one attached hydrogen (secondary N) is 2. The molecule has 1 heterocycles. The number of aromatic nitrogens is 1. The van der Waals surface area contributed by atoms with E-state index in [9.17, 15) is 0 Å². The summed E-state index contributed by atoms with van der Waals surface area (Å²) in [6.07, 6.45) is 1.72. The van der Waals surface area contributed by atoms with E-state index in [1.807, 2.05) is 0 Å². The fraction of sp³-hybridized carbons (Fsp3) is 0.444. The highest BCUT2D eigenvalue weighted by Crippen LogP contribution is 2.15. The summed E-state index contributed by atoms with van der Waals surface area (Å²) in [5.41, 5.74) is 4.66. The molecule has 1 aromatic carbocycles. The lowest BCUT2D eigenvalue weighted by molar-refractivity contribution is 0.380. The molecule has 0 radical (unpaired) electrons. The first-order valence-electron chi connectivity index (χ1n) is 8.14. The van der Waals surface area contributed by atoms with Crippen molar-refractivity contribution in [3.8, 4) is 0 Å². The van der Waals surface area contributed by atoms with E-state index in [4.69, 9.17) is 4.52 Å². The summed E-state index contributed by atoms with van der Waals surface area (Å²) < 4.78 is 5.39. The van der Waals surface area contributed by atoms with Crippen molar-refractivity contribution in [1.82, 2.24) is 15.8 Å². The Morgan fingerprint density at radius 3 is 2.61 bits per heavy atom. The molecule has 0 saturated carbocycles. The second-order valence-corrected chi connectivity index (χ2v) is 5.51. The maximum absolute atomic E-state index is 5.39. The van der Waals surface area contributed by atoms with E-state index in [2.05, 4.69) is 65.8 Å². The third-order valence-corrected chi connectivity index (χ3v) is 3.81. The van der Waals surface area contributed by atoms with E-state index in [0.29, 0.717) is 6.54 Å². The Morgan fingerprint density at radius 1 is 1.17 bits per heavy atom. The molecule has 0 amide bonds. The van der Waals surface area contributed by atoms with Crippen LogP contribution in [0.5, 0.6) is 0 Å². The van der Waals surface area contributed by atoms with Crippen molar-refractivity contribution in [2.45, 2.75) is 46.7 Å². The van der Waals surface area contributed by atoms with Crippen molar-refractivity contribution in [1.29, 1.82) is 0 Å². The van der Waals surface area contributed by atoms with Gasteiger partial charge in [-0.05, 0) is 18.9 Å². The fourth-order valence-corrected chi connectivity index (χ4v) is 2.54. The molecule has 124 valence electrons. The summed E-state index contributed by atoms with van der Waals surface area (Å²) in [7, 11) is 1.78. The van der Waals surface area contributed by atoms with Crippen LogP contribution in [0.3, 0.4) is 0 Å². The summed E-state index contributed by atoms with van der Waals surface area (Å²) in [6, 6.07) is 8.45. The highest BCUT2D eigenvalue weighted by Gasteiger charge is 2.13. The van der Waals surface area contributed by atoms with Crippen molar-refractivity contribution in [2.24, 2.45) is 4.99 Å². The van der Waals surface area contributed by atoms with Gasteiger partial charge >= 0.3 is 0 Å². The highest BCUT2D eigenvalue weighted by molar-refractivity contribution is 5.79.